The first-order valence-corrected chi connectivity index (χ1v) is 12.4. The van der Waals surface area contributed by atoms with Crippen LogP contribution in [0.15, 0.2) is 78.3 Å². The van der Waals surface area contributed by atoms with E-state index in [1.54, 1.807) is 30.6 Å². The van der Waals surface area contributed by atoms with Crippen molar-refractivity contribution in [3.05, 3.63) is 101 Å². The quantitative estimate of drug-likeness (QED) is 0.311. The van der Waals surface area contributed by atoms with Crippen molar-refractivity contribution in [2.75, 3.05) is 6.79 Å². The molecule has 4 aromatic rings. The zero-order chi connectivity index (χ0) is 26.8. The van der Waals surface area contributed by atoms with E-state index >= 15 is 0 Å². The lowest BCUT2D eigenvalue weighted by atomic mass is 9.92. The van der Waals surface area contributed by atoms with Crippen LogP contribution in [0.25, 0.3) is 11.0 Å². The molecule has 3 N–H and O–H groups in total. The second kappa shape index (κ2) is 10.2. The lowest BCUT2D eigenvalue weighted by molar-refractivity contribution is -0.140. The molecule has 0 aliphatic carbocycles. The van der Waals surface area contributed by atoms with Crippen LogP contribution in [0.1, 0.15) is 34.7 Å². The highest BCUT2D eigenvalue weighted by Gasteiger charge is 2.34. The van der Waals surface area contributed by atoms with Gasteiger partial charge in [-0.15, -0.1) is 0 Å². The fraction of sp³-hybridized carbons (Fsp3) is 0.172. The lowest BCUT2D eigenvalue weighted by Gasteiger charge is -2.29. The van der Waals surface area contributed by atoms with Crippen LogP contribution in [0.3, 0.4) is 0 Å². The topological polar surface area (TPSA) is 138 Å². The number of fused-ring (bicyclic) bond motifs is 2. The molecule has 10 heteroatoms. The number of allylic oxidation sites excluding steroid dienone is 1. The van der Waals surface area contributed by atoms with E-state index in [1.165, 1.54) is 0 Å². The highest BCUT2D eigenvalue weighted by atomic mass is 16.7. The summed E-state index contributed by atoms with van der Waals surface area (Å²) in [5, 5.41) is 14.9. The van der Waals surface area contributed by atoms with E-state index in [-0.39, 0.29) is 13.4 Å². The zero-order valence-corrected chi connectivity index (χ0v) is 20.7. The number of esters is 1. The third-order valence-corrected chi connectivity index (χ3v) is 6.68. The summed E-state index contributed by atoms with van der Waals surface area (Å²) >= 11 is 0. The van der Waals surface area contributed by atoms with E-state index in [4.69, 9.17) is 14.2 Å². The average Bonchev–Trinajstić information content (AvgIpc) is 3.63. The molecule has 2 amide bonds. The standard InChI is InChI=1S/C29H23N5O5/c30-13-18-2-1-3-19(10-18)14-37-28(35)26-22(7-4-17-5-9-24-25(11-17)39-16-38-24)33-29(36)34-27(26)20-6-8-21-23(12-20)32-15-31-21/h1-3,5-6,8-12,15,27H,4,7,14,16H2,(H,31,32)(H2,33,34,36). The predicted molar refractivity (Wildman–Crippen MR) is 139 cm³/mol. The van der Waals surface area contributed by atoms with Gasteiger partial charge >= 0.3 is 12.0 Å². The Kier molecular flexibility index (Phi) is 6.31. The number of hydrogen-bond acceptors (Lipinski definition) is 7. The predicted octanol–water partition coefficient (Wildman–Crippen LogP) is 4.15. The van der Waals surface area contributed by atoms with Gasteiger partial charge in [0.15, 0.2) is 11.5 Å². The molecule has 0 radical (unpaired) electrons. The Bertz CT molecular complexity index is 1670. The molecule has 0 bridgehead atoms. The molecule has 2 aliphatic heterocycles. The van der Waals surface area contributed by atoms with Gasteiger partial charge in [-0.05, 0) is 65.9 Å². The number of rotatable bonds is 7. The summed E-state index contributed by atoms with van der Waals surface area (Å²) < 4.78 is 16.6. The average molecular weight is 522 g/mol. The maximum atomic E-state index is 13.6. The van der Waals surface area contributed by atoms with Crippen LogP contribution in [-0.4, -0.2) is 28.8 Å². The van der Waals surface area contributed by atoms with Gasteiger partial charge in [0.05, 0.1) is 40.6 Å². The molecule has 10 nitrogen and oxygen atoms in total. The van der Waals surface area contributed by atoms with Crippen molar-refractivity contribution >= 4 is 23.0 Å². The molecular formula is C29H23N5O5. The number of urea groups is 1. The van der Waals surface area contributed by atoms with Gasteiger partial charge in [-0.1, -0.05) is 24.3 Å². The van der Waals surface area contributed by atoms with Crippen molar-refractivity contribution in [3.63, 3.8) is 0 Å². The van der Waals surface area contributed by atoms with Gasteiger partial charge < -0.3 is 29.8 Å². The summed E-state index contributed by atoms with van der Waals surface area (Å²) in [6, 6.07) is 19.0. The Balaban J connectivity index is 1.32. The van der Waals surface area contributed by atoms with Crippen molar-refractivity contribution in [3.8, 4) is 17.6 Å². The molecule has 194 valence electrons. The van der Waals surface area contributed by atoms with Gasteiger partial charge in [0, 0.05) is 5.70 Å². The Morgan fingerprint density at radius 1 is 1.05 bits per heavy atom. The monoisotopic (exact) mass is 521 g/mol. The first-order valence-electron chi connectivity index (χ1n) is 12.4. The number of carbonyl (C=O) groups is 2. The second-order valence-electron chi connectivity index (χ2n) is 9.18. The molecule has 1 atom stereocenters. The summed E-state index contributed by atoms with van der Waals surface area (Å²) in [6.07, 6.45) is 2.51. The van der Waals surface area contributed by atoms with Gasteiger partial charge in [0.25, 0.3) is 0 Å². The molecule has 3 heterocycles. The van der Waals surface area contributed by atoms with Crippen molar-refractivity contribution in [1.82, 2.24) is 20.6 Å². The highest BCUT2D eigenvalue weighted by molar-refractivity contribution is 5.95. The maximum absolute atomic E-state index is 13.6. The van der Waals surface area contributed by atoms with Gasteiger partial charge in [0.2, 0.25) is 6.79 Å². The first kappa shape index (κ1) is 24.1. The van der Waals surface area contributed by atoms with Crippen LogP contribution in [0.2, 0.25) is 0 Å². The van der Waals surface area contributed by atoms with E-state index in [0.29, 0.717) is 52.3 Å². The molecule has 2 aliphatic rings. The minimum atomic E-state index is -0.740. The third-order valence-electron chi connectivity index (χ3n) is 6.68. The van der Waals surface area contributed by atoms with Crippen molar-refractivity contribution in [2.45, 2.75) is 25.5 Å². The van der Waals surface area contributed by atoms with E-state index in [2.05, 4.69) is 26.7 Å². The summed E-state index contributed by atoms with van der Waals surface area (Å²) in [7, 11) is 0. The molecule has 1 aromatic heterocycles. The smallest absolute Gasteiger partial charge is 0.338 e. The van der Waals surface area contributed by atoms with Crippen LogP contribution < -0.4 is 20.1 Å². The van der Waals surface area contributed by atoms with Gasteiger partial charge in [-0.25, -0.2) is 14.6 Å². The van der Waals surface area contributed by atoms with Crippen LogP contribution in [0.5, 0.6) is 11.5 Å². The fourth-order valence-electron chi connectivity index (χ4n) is 4.76. The molecule has 0 saturated carbocycles. The Morgan fingerprint density at radius 2 is 1.95 bits per heavy atom. The molecule has 0 spiro atoms. The first-order chi connectivity index (χ1) is 19.1. The molecule has 6 rings (SSSR count). The van der Waals surface area contributed by atoms with E-state index in [0.717, 1.165) is 16.6 Å². The van der Waals surface area contributed by atoms with Gasteiger partial charge in [-0.3, -0.25) is 0 Å². The Labute approximate surface area is 223 Å². The molecule has 0 saturated heterocycles. The number of carbonyl (C=O) groups excluding carboxylic acids is 2. The number of nitriles is 1. The lowest BCUT2D eigenvalue weighted by Crippen LogP contribution is -2.46. The summed E-state index contributed by atoms with van der Waals surface area (Å²) in [5.41, 5.74) is 5.18. The number of ether oxygens (including phenoxy) is 3. The molecular weight excluding hydrogens is 498 g/mol. The normalized spacial score (nSPS) is 16.0. The van der Waals surface area contributed by atoms with Gasteiger partial charge in [-0.2, -0.15) is 5.26 Å². The number of imidazole rings is 1. The number of hydrogen-bond donors (Lipinski definition) is 3. The number of amides is 2. The largest absolute Gasteiger partial charge is 0.457 e. The van der Waals surface area contributed by atoms with Crippen LogP contribution in [0, 0.1) is 11.3 Å². The number of aryl methyl sites for hydroxylation is 1. The minimum Gasteiger partial charge on any atom is -0.457 e. The number of aromatic nitrogens is 2. The fourth-order valence-corrected chi connectivity index (χ4v) is 4.76. The third kappa shape index (κ3) is 4.98. The number of H-pyrrole nitrogens is 1. The molecule has 39 heavy (non-hydrogen) atoms. The molecule has 0 fully saturated rings. The van der Waals surface area contributed by atoms with E-state index in [1.807, 2.05) is 36.4 Å². The SMILES string of the molecule is N#Cc1cccc(COC(=O)C2=C(CCc3ccc4c(c3)OCO4)NC(=O)NC2c2ccc3nc[nH]c3c2)c1. The van der Waals surface area contributed by atoms with Crippen molar-refractivity contribution in [1.29, 1.82) is 5.26 Å². The van der Waals surface area contributed by atoms with E-state index < -0.39 is 18.0 Å². The number of benzene rings is 3. The van der Waals surface area contributed by atoms with Crippen LogP contribution in [0.4, 0.5) is 4.79 Å². The zero-order valence-electron chi connectivity index (χ0n) is 20.7. The minimum absolute atomic E-state index is 0.0203. The van der Waals surface area contributed by atoms with Gasteiger partial charge in [0.1, 0.15) is 6.61 Å². The van der Waals surface area contributed by atoms with Crippen LogP contribution in [-0.2, 0) is 22.6 Å². The highest BCUT2D eigenvalue weighted by Crippen LogP contribution is 2.34. The summed E-state index contributed by atoms with van der Waals surface area (Å²) in [4.78, 5) is 33.7. The van der Waals surface area contributed by atoms with Crippen LogP contribution >= 0.6 is 0 Å². The number of aromatic amines is 1. The number of nitrogens with zero attached hydrogens (tertiary/aromatic N) is 2. The maximum Gasteiger partial charge on any atom is 0.338 e. The number of nitrogens with one attached hydrogen (secondary N) is 3. The van der Waals surface area contributed by atoms with Crippen molar-refractivity contribution in [2.24, 2.45) is 0 Å². The summed E-state index contributed by atoms with van der Waals surface area (Å²) in [6.45, 7) is 0.162. The molecule has 1 unspecified atom stereocenters. The summed E-state index contributed by atoms with van der Waals surface area (Å²) in [5.74, 6) is 0.785. The van der Waals surface area contributed by atoms with E-state index in [9.17, 15) is 14.9 Å². The Morgan fingerprint density at radius 3 is 2.85 bits per heavy atom. The van der Waals surface area contributed by atoms with Crippen molar-refractivity contribution < 1.29 is 23.8 Å². The second-order valence-corrected chi connectivity index (χ2v) is 9.18. The Hall–Kier alpha value is -5.30. The molecule has 3 aromatic carbocycles.